The summed E-state index contributed by atoms with van der Waals surface area (Å²) in [6.45, 7) is 6.59. The van der Waals surface area contributed by atoms with Crippen molar-refractivity contribution in [1.29, 1.82) is 0 Å². The molecule has 0 aliphatic heterocycles. The number of nitrogens with zero attached hydrogens (tertiary/aromatic N) is 1. The number of likely N-dealkylation sites (N-methyl/N-ethyl adjacent to an activating group) is 1. The molecular formula is C14H24N2. The van der Waals surface area contributed by atoms with E-state index in [1.807, 2.05) is 0 Å². The van der Waals surface area contributed by atoms with E-state index in [-0.39, 0.29) is 0 Å². The molecule has 0 radical (unpaired) electrons. The van der Waals surface area contributed by atoms with Crippen molar-refractivity contribution in [2.45, 2.75) is 32.7 Å². The molecule has 0 aliphatic rings. The topological polar surface area (TPSA) is 15.3 Å². The van der Waals surface area contributed by atoms with Crippen molar-refractivity contribution in [3.63, 3.8) is 0 Å². The lowest BCUT2D eigenvalue weighted by Gasteiger charge is -2.21. The van der Waals surface area contributed by atoms with E-state index in [4.69, 9.17) is 0 Å². The minimum absolute atomic E-state index is 0.633. The maximum Gasteiger partial charge on any atom is 0.0364 e. The Labute approximate surface area is 99.7 Å². The maximum absolute atomic E-state index is 3.54. The van der Waals surface area contributed by atoms with Crippen molar-refractivity contribution < 1.29 is 0 Å². The quantitative estimate of drug-likeness (QED) is 0.760. The molecule has 0 heterocycles. The highest BCUT2D eigenvalue weighted by atomic mass is 15.1. The third-order valence-corrected chi connectivity index (χ3v) is 2.86. The fourth-order valence-corrected chi connectivity index (χ4v) is 1.83. The van der Waals surface area contributed by atoms with E-state index in [1.165, 1.54) is 18.5 Å². The van der Waals surface area contributed by atoms with Gasteiger partial charge in [-0.1, -0.05) is 31.5 Å². The number of rotatable bonds is 7. The zero-order valence-electron chi connectivity index (χ0n) is 10.7. The monoisotopic (exact) mass is 220 g/mol. The number of hydrogen-bond acceptors (Lipinski definition) is 2. The van der Waals surface area contributed by atoms with Crippen molar-refractivity contribution in [2.24, 2.45) is 0 Å². The fraction of sp³-hybridized carbons (Fsp3) is 0.571. The van der Waals surface area contributed by atoms with Gasteiger partial charge >= 0.3 is 0 Å². The molecule has 1 unspecified atom stereocenters. The summed E-state index contributed by atoms with van der Waals surface area (Å²) in [5.74, 6) is 0. The molecule has 1 atom stereocenters. The van der Waals surface area contributed by atoms with E-state index in [0.29, 0.717) is 6.04 Å². The van der Waals surface area contributed by atoms with E-state index in [1.54, 1.807) is 0 Å². The first kappa shape index (κ1) is 13.0. The summed E-state index contributed by atoms with van der Waals surface area (Å²) >= 11 is 0. The first-order valence-electron chi connectivity index (χ1n) is 6.23. The third-order valence-electron chi connectivity index (χ3n) is 2.86. The van der Waals surface area contributed by atoms with Crippen LogP contribution in [0.4, 0.5) is 5.69 Å². The van der Waals surface area contributed by atoms with Gasteiger partial charge in [0, 0.05) is 31.9 Å². The Morgan fingerprint density at radius 2 is 1.94 bits per heavy atom. The van der Waals surface area contributed by atoms with Gasteiger partial charge in [0.2, 0.25) is 0 Å². The van der Waals surface area contributed by atoms with Gasteiger partial charge < -0.3 is 10.2 Å². The largest absolute Gasteiger partial charge is 0.373 e. The zero-order valence-corrected chi connectivity index (χ0v) is 10.7. The molecule has 0 saturated heterocycles. The Morgan fingerprint density at radius 3 is 2.56 bits per heavy atom. The van der Waals surface area contributed by atoms with Crippen LogP contribution in [0.2, 0.25) is 0 Å². The molecule has 0 bridgehead atoms. The summed E-state index contributed by atoms with van der Waals surface area (Å²) < 4.78 is 0. The van der Waals surface area contributed by atoms with Gasteiger partial charge in [-0.2, -0.15) is 0 Å². The summed E-state index contributed by atoms with van der Waals surface area (Å²) in [5, 5.41) is 3.54. The van der Waals surface area contributed by atoms with Crippen molar-refractivity contribution in [3.8, 4) is 0 Å². The van der Waals surface area contributed by atoms with Gasteiger partial charge in [-0.3, -0.25) is 0 Å². The minimum Gasteiger partial charge on any atom is -0.373 e. The maximum atomic E-state index is 3.54. The lowest BCUT2D eigenvalue weighted by molar-refractivity contribution is 0.512. The molecule has 2 nitrogen and oxygen atoms in total. The summed E-state index contributed by atoms with van der Waals surface area (Å²) in [5.41, 5.74) is 1.28. The van der Waals surface area contributed by atoms with E-state index in [9.17, 15) is 0 Å². The molecular weight excluding hydrogens is 196 g/mol. The first-order chi connectivity index (χ1) is 7.74. The van der Waals surface area contributed by atoms with E-state index in [2.05, 4.69) is 61.4 Å². The average Bonchev–Trinajstić information content (AvgIpc) is 2.30. The Hall–Kier alpha value is -1.02. The lowest BCUT2D eigenvalue weighted by atomic mass is 10.2. The normalized spacial score (nSPS) is 12.4. The summed E-state index contributed by atoms with van der Waals surface area (Å²) in [6.07, 6.45) is 2.51. The molecule has 1 aromatic carbocycles. The standard InChI is InChI=1S/C14H24N2/c1-4-8-13(2)15-11-12-16(3)14-9-6-5-7-10-14/h5-7,9-10,13,15H,4,8,11-12H2,1-3H3. The number of anilines is 1. The Balaban J connectivity index is 2.23. The van der Waals surface area contributed by atoms with Crippen LogP contribution in [0.1, 0.15) is 26.7 Å². The van der Waals surface area contributed by atoms with Crippen molar-refractivity contribution >= 4 is 5.69 Å². The van der Waals surface area contributed by atoms with Crippen LogP contribution in [0, 0.1) is 0 Å². The van der Waals surface area contributed by atoms with Crippen molar-refractivity contribution in [3.05, 3.63) is 30.3 Å². The van der Waals surface area contributed by atoms with Crippen LogP contribution in [-0.2, 0) is 0 Å². The smallest absolute Gasteiger partial charge is 0.0364 e. The lowest BCUT2D eigenvalue weighted by Crippen LogP contribution is -2.34. The Kier molecular flexibility index (Phi) is 5.94. The predicted octanol–water partition coefficient (Wildman–Crippen LogP) is 2.90. The summed E-state index contributed by atoms with van der Waals surface area (Å²) in [6, 6.07) is 11.1. The predicted molar refractivity (Wildman–Crippen MR) is 72.1 cm³/mol. The Bertz CT molecular complexity index is 271. The number of hydrogen-bond donors (Lipinski definition) is 1. The molecule has 0 aliphatic carbocycles. The minimum atomic E-state index is 0.633. The molecule has 1 aromatic rings. The van der Waals surface area contributed by atoms with Crippen molar-refractivity contribution in [1.82, 2.24) is 5.32 Å². The molecule has 2 heteroatoms. The second-order valence-corrected chi connectivity index (χ2v) is 4.40. The van der Waals surface area contributed by atoms with E-state index in [0.717, 1.165) is 13.1 Å². The summed E-state index contributed by atoms with van der Waals surface area (Å²) in [4.78, 5) is 2.28. The highest BCUT2D eigenvalue weighted by Crippen LogP contribution is 2.09. The molecule has 0 amide bonds. The van der Waals surface area contributed by atoms with Gasteiger partial charge in [-0.15, -0.1) is 0 Å². The number of nitrogens with one attached hydrogen (secondary N) is 1. The summed E-state index contributed by atoms with van der Waals surface area (Å²) in [7, 11) is 2.14. The van der Waals surface area contributed by atoms with Crippen LogP contribution in [-0.4, -0.2) is 26.2 Å². The molecule has 16 heavy (non-hydrogen) atoms. The average molecular weight is 220 g/mol. The van der Waals surface area contributed by atoms with E-state index < -0.39 is 0 Å². The molecule has 0 fully saturated rings. The molecule has 1 N–H and O–H groups in total. The first-order valence-corrected chi connectivity index (χ1v) is 6.23. The van der Waals surface area contributed by atoms with Crippen LogP contribution < -0.4 is 10.2 Å². The molecule has 0 aromatic heterocycles. The van der Waals surface area contributed by atoms with Crippen molar-refractivity contribution in [2.75, 3.05) is 25.0 Å². The van der Waals surface area contributed by atoms with Gasteiger partial charge in [0.05, 0.1) is 0 Å². The van der Waals surface area contributed by atoms with E-state index >= 15 is 0 Å². The van der Waals surface area contributed by atoms with Crippen LogP contribution in [0.15, 0.2) is 30.3 Å². The molecule has 1 rings (SSSR count). The highest BCUT2D eigenvalue weighted by Gasteiger charge is 2.01. The number of para-hydroxylation sites is 1. The van der Waals surface area contributed by atoms with Gasteiger partial charge in [0.1, 0.15) is 0 Å². The van der Waals surface area contributed by atoms with Crippen LogP contribution in [0.25, 0.3) is 0 Å². The molecule has 90 valence electrons. The van der Waals surface area contributed by atoms with Crippen LogP contribution >= 0.6 is 0 Å². The van der Waals surface area contributed by atoms with Gasteiger partial charge in [0.15, 0.2) is 0 Å². The second-order valence-electron chi connectivity index (χ2n) is 4.40. The van der Waals surface area contributed by atoms with Gasteiger partial charge in [-0.25, -0.2) is 0 Å². The van der Waals surface area contributed by atoms with Crippen LogP contribution in [0.5, 0.6) is 0 Å². The third kappa shape index (κ3) is 4.67. The zero-order chi connectivity index (χ0) is 11.8. The molecule has 0 saturated carbocycles. The fourth-order valence-electron chi connectivity index (χ4n) is 1.83. The highest BCUT2D eigenvalue weighted by molar-refractivity contribution is 5.44. The van der Waals surface area contributed by atoms with Crippen LogP contribution in [0.3, 0.4) is 0 Å². The SMILES string of the molecule is CCCC(C)NCCN(C)c1ccccc1. The second kappa shape index (κ2) is 7.29. The van der Waals surface area contributed by atoms with Gasteiger partial charge in [0.25, 0.3) is 0 Å². The molecule has 0 spiro atoms. The Morgan fingerprint density at radius 1 is 1.25 bits per heavy atom. The van der Waals surface area contributed by atoms with Gasteiger partial charge in [-0.05, 0) is 25.5 Å². The number of benzene rings is 1.